The van der Waals surface area contributed by atoms with Crippen molar-refractivity contribution < 1.29 is 36.9 Å². The van der Waals surface area contributed by atoms with Crippen LogP contribution in [0.3, 0.4) is 0 Å². The van der Waals surface area contributed by atoms with Gasteiger partial charge < -0.3 is 14.4 Å². The van der Waals surface area contributed by atoms with E-state index >= 15 is 0 Å². The van der Waals surface area contributed by atoms with Crippen molar-refractivity contribution in [3.8, 4) is 33.6 Å². The number of furan rings is 1. The summed E-state index contributed by atoms with van der Waals surface area (Å²) in [6, 6.07) is 38.3. The van der Waals surface area contributed by atoms with E-state index in [9.17, 15) is 0 Å². The Morgan fingerprint density at radius 1 is 0.804 bits per heavy atom. The molecule has 7 aromatic rings. The third-order valence-corrected chi connectivity index (χ3v) is 11.7. The van der Waals surface area contributed by atoms with Crippen LogP contribution in [0.25, 0.3) is 55.6 Å². The SMILES string of the molecule is [2H]C([2H])([2H])C(c1ccnc(-c2[c-]ccc3c2oc2cc(-c4ccccc4)ccc23)c1)(C1CCCC1)C([2H])([2H])[2H].[2H]C([2H])([2H])c1c[c-]c(-c2ccc([Si](C)(C)C)cn2)cc1.[Ir]. The molecule has 1 radical (unpaired) electrons. The van der Waals surface area contributed by atoms with Gasteiger partial charge in [-0.25, -0.2) is 0 Å². The maximum Gasteiger partial charge on any atom is 0.121 e. The van der Waals surface area contributed by atoms with E-state index in [2.05, 4.69) is 53.9 Å². The molecule has 3 heterocycles. The van der Waals surface area contributed by atoms with Crippen molar-refractivity contribution in [1.82, 2.24) is 9.97 Å². The molecule has 3 nitrogen and oxygen atoms in total. The number of aromatic nitrogens is 2. The molecule has 261 valence electrons. The van der Waals surface area contributed by atoms with Gasteiger partial charge >= 0.3 is 0 Å². The van der Waals surface area contributed by atoms with Gasteiger partial charge in [-0.2, -0.15) is 0 Å². The fourth-order valence-corrected chi connectivity index (χ4v) is 7.77. The molecule has 0 bridgehead atoms. The van der Waals surface area contributed by atoms with E-state index in [4.69, 9.17) is 16.8 Å². The van der Waals surface area contributed by atoms with Crippen LogP contribution in [0.5, 0.6) is 0 Å². The second-order valence-electron chi connectivity index (χ2n) is 14.2. The number of hydrogen-bond acceptors (Lipinski definition) is 3. The zero-order valence-electron chi connectivity index (χ0n) is 38.0. The van der Waals surface area contributed by atoms with Crippen LogP contribution in [0.2, 0.25) is 19.6 Å². The topological polar surface area (TPSA) is 38.9 Å². The molecule has 8 rings (SSSR count). The number of nitrogens with zero attached hydrogens (tertiary/aromatic N) is 2. The Hall–Kier alpha value is -4.15. The number of pyridine rings is 2. The molecular formula is C46H46IrN2OSi-2. The average molecular weight is 872 g/mol. The summed E-state index contributed by atoms with van der Waals surface area (Å²) in [5, 5.41) is 3.14. The molecule has 1 saturated carbocycles. The minimum absolute atomic E-state index is 0. The molecule has 0 spiro atoms. The second-order valence-corrected chi connectivity index (χ2v) is 19.2. The Morgan fingerprint density at radius 2 is 1.63 bits per heavy atom. The minimum Gasteiger partial charge on any atom is -0.501 e. The summed E-state index contributed by atoms with van der Waals surface area (Å²) < 4.78 is 79.4. The molecule has 0 amide bonds. The summed E-state index contributed by atoms with van der Waals surface area (Å²) in [7, 11) is -1.34. The van der Waals surface area contributed by atoms with E-state index in [1.54, 1.807) is 30.3 Å². The molecule has 1 aliphatic carbocycles. The van der Waals surface area contributed by atoms with Gasteiger partial charge in [0.25, 0.3) is 0 Å². The summed E-state index contributed by atoms with van der Waals surface area (Å²) in [5.41, 5.74) is 4.66. The van der Waals surface area contributed by atoms with E-state index in [0.717, 1.165) is 46.0 Å². The first kappa shape index (κ1) is 26.6. The van der Waals surface area contributed by atoms with E-state index < -0.39 is 40.0 Å². The van der Waals surface area contributed by atoms with Gasteiger partial charge in [-0.3, -0.25) is 0 Å². The maximum atomic E-state index is 8.49. The van der Waals surface area contributed by atoms with Gasteiger partial charge in [0.2, 0.25) is 0 Å². The first-order chi connectivity index (χ1) is 27.8. The zero-order valence-corrected chi connectivity index (χ0v) is 32.4. The summed E-state index contributed by atoms with van der Waals surface area (Å²) in [4.78, 5) is 9.01. The van der Waals surface area contributed by atoms with Gasteiger partial charge in [0.05, 0.1) is 13.7 Å². The van der Waals surface area contributed by atoms with Crippen molar-refractivity contribution in [2.75, 3.05) is 0 Å². The van der Waals surface area contributed by atoms with Crippen molar-refractivity contribution in [1.29, 1.82) is 0 Å². The first-order valence-corrected chi connectivity index (χ1v) is 20.7. The van der Waals surface area contributed by atoms with Crippen molar-refractivity contribution in [3.05, 3.63) is 139 Å². The Bertz CT molecular complexity index is 2490. The molecular weight excluding hydrogens is 817 g/mol. The molecule has 0 unspecified atom stereocenters. The van der Waals surface area contributed by atoms with Crippen LogP contribution in [0.1, 0.15) is 62.9 Å². The molecule has 0 aliphatic heterocycles. The maximum absolute atomic E-state index is 8.49. The van der Waals surface area contributed by atoms with Crippen LogP contribution >= 0.6 is 0 Å². The first-order valence-electron chi connectivity index (χ1n) is 21.7. The summed E-state index contributed by atoms with van der Waals surface area (Å²) in [6.45, 7) is -0.698. The third-order valence-electron chi connectivity index (χ3n) is 9.70. The number of rotatable bonds is 6. The van der Waals surface area contributed by atoms with E-state index in [-0.39, 0.29) is 25.7 Å². The van der Waals surface area contributed by atoms with Gasteiger partial charge in [0.1, 0.15) is 5.58 Å². The van der Waals surface area contributed by atoms with Gasteiger partial charge in [0, 0.05) is 50.2 Å². The Labute approximate surface area is 330 Å². The van der Waals surface area contributed by atoms with Gasteiger partial charge in [-0.15, -0.1) is 53.6 Å². The van der Waals surface area contributed by atoms with Crippen molar-refractivity contribution >= 4 is 35.2 Å². The van der Waals surface area contributed by atoms with E-state index in [0.29, 0.717) is 40.8 Å². The van der Waals surface area contributed by atoms with Crippen LogP contribution in [0, 0.1) is 24.9 Å². The molecule has 0 N–H and O–H groups in total. The van der Waals surface area contributed by atoms with Crippen molar-refractivity contribution in [3.63, 3.8) is 0 Å². The van der Waals surface area contributed by atoms with E-state index in [1.165, 1.54) is 17.4 Å². The smallest absolute Gasteiger partial charge is 0.121 e. The van der Waals surface area contributed by atoms with Gasteiger partial charge in [-0.1, -0.05) is 125 Å². The monoisotopic (exact) mass is 872 g/mol. The Kier molecular flexibility index (Phi) is 7.93. The quantitative estimate of drug-likeness (QED) is 0.123. The van der Waals surface area contributed by atoms with E-state index in [1.807, 2.05) is 60.8 Å². The minimum atomic E-state index is -2.73. The predicted octanol–water partition coefficient (Wildman–Crippen LogP) is 12.0. The molecule has 4 aromatic carbocycles. The summed E-state index contributed by atoms with van der Waals surface area (Å²) >= 11 is 0. The van der Waals surface area contributed by atoms with Crippen molar-refractivity contribution in [2.45, 2.75) is 71.3 Å². The third kappa shape index (κ3) is 7.87. The number of aryl methyl sites for hydroxylation is 1. The van der Waals surface area contributed by atoms with Gasteiger partial charge in [-0.05, 0) is 69.6 Å². The van der Waals surface area contributed by atoms with Crippen LogP contribution in [0.4, 0.5) is 0 Å². The summed E-state index contributed by atoms with van der Waals surface area (Å²) in [5.74, 6) is -0.477. The second kappa shape index (κ2) is 15.2. The normalized spacial score (nSPS) is 16.9. The van der Waals surface area contributed by atoms with Crippen LogP contribution in [0.15, 0.2) is 120 Å². The average Bonchev–Trinajstić information content (AvgIpc) is 3.86. The molecule has 5 heteroatoms. The zero-order chi connectivity index (χ0) is 42.4. The molecule has 1 aliphatic rings. The van der Waals surface area contributed by atoms with Gasteiger partial charge in [0.15, 0.2) is 0 Å². The number of fused-ring (bicyclic) bond motifs is 3. The number of benzene rings is 4. The molecule has 51 heavy (non-hydrogen) atoms. The Morgan fingerprint density at radius 3 is 2.31 bits per heavy atom. The standard InChI is InChI=1S/C31H28NO.C15H18NSi.Ir/c1-31(2,23-11-6-7-12-23)24-17-18-32-28(20-24)27-14-8-13-26-25-16-15-22(19-29(25)33-30(26)27)21-9-4-3-5-10-21;1-12-5-7-13(8-6-12)15-10-9-14(11-16-15)17(2,3)4;/h3-5,8-10,13,15-20,23H,6-7,11-12H2,1-2H3;5-7,9-11H,1-4H3;/q2*-1;/i1D3,2D3;1D3;. The fourth-order valence-electron chi connectivity index (χ4n) is 6.73. The molecule has 3 aromatic heterocycles. The van der Waals surface area contributed by atoms with Crippen LogP contribution in [-0.2, 0) is 25.5 Å². The number of hydrogen-bond donors (Lipinski definition) is 0. The summed E-state index contributed by atoms with van der Waals surface area (Å²) in [6.07, 6.45) is 6.23. The predicted molar refractivity (Wildman–Crippen MR) is 212 cm³/mol. The molecule has 0 saturated heterocycles. The fraction of sp³-hybridized carbons (Fsp3) is 0.261. The van der Waals surface area contributed by atoms with Crippen molar-refractivity contribution in [2.24, 2.45) is 5.92 Å². The van der Waals surface area contributed by atoms with Crippen LogP contribution in [-0.4, -0.2) is 18.0 Å². The largest absolute Gasteiger partial charge is 0.501 e. The molecule has 1 fully saturated rings. The Balaban J connectivity index is 0.000000243. The molecule has 0 atom stereocenters. The van der Waals surface area contributed by atoms with Crippen LogP contribution < -0.4 is 5.19 Å².